The number of hydrogen-bond acceptors (Lipinski definition) is 4. The zero-order chi connectivity index (χ0) is 16.4. The molecule has 3 rings (SSSR count). The lowest BCUT2D eigenvalue weighted by atomic mass is 10.0. The van der Waals surface area contributed by atoms with Gasteiger partial charge in [0.15, 0.2) is 0 Å². The summed E-state index contributed by atoms with van der Waals surface area (Å²) < 4.78 is 32.5. The molecule has 1 N–H and O–H groups in total. The molecule has 0 radical (unpaired) electrons. The van der Waals surface area contributed by atoms with Gasteiger partial charge < -0.3 is 4.52 Å². The van der Waals surface area contributed by atoms with E-state index in [-0.39, 0.29) is 4.90 Å². The van der Waals surface area contributed by atoms with Crippen LogP contribution in [0.15, 0.2) is 64.0 Å². The summed E-state index contributed by atoms with van der Waals surface area (Å²) in [4.78, 5) is 0.205. The summed E-state index contributed by atoms with van der Waals surface area (Å²) in [5.41, 5.74) is 3.08. The van der Waals surface area contributed by atoms with Gasteiger partial charge in [-0.15, -0.1) is 0 Å². The van der Waals surface area contributed by atoms with Crippen molar-refractivity contribution in [3.8, 4) is 11.1 Å². The quantitative estimate of drug-likeness (QED) is 0.791. The summed E-state index contributed by atoms with van der Waals surface area (Å²) >= 11 is 0. The Labute approximate surface area is 135 Å². The van der Waals surface area contributed by atoms with E-state index < -0.39 is 10.0 Å². The number of para-hydroxylation sites is 1. The second-order valence-electron chi connectivity index (χ2n) is 5.20. The largest absolute Gasteiger partial charge is 0.361 e. The lowest BCUT2D eigenvalue weighted by molar-refractivity contribution is 0.393. The first-order valence-electron chi connectivity index (χ1n) is 7.08. The van der Waals surface area contributed by atoms with E-state index in [1.54, 1.807) is 48.5 Å². The third-order valence-corrected chi connectivity index (χ3v) is 4.91. The molecule has 1 aromatic heterocycles. The molecule has 0 bridgehead atoms. The van der Waals surface area contributed by atoms with Gasteiger partial charge in [0.25, 0.3) is 10.0 Å². The molecule has 0 aliphatic rings. The van der Waals surface area contributed by atoms with E-state index in [1.165, 1.54) is 0 Å². The maximum atomic E-state index is 12.4. The Morgan fingerprint density at radius 2 is 1.61 bits per heavy atom. The zero-order valence-electron chi connectivity index (χ0n) is 12.8. The van der Waals surface area contributed by atoms with Gasteiger partial charge in [-0.3, -0.25) is 4.72 Å². The fraction of sp³-hybridized carbons (Fsp3) is 0.118. The highest BCUT2D eigenvalue weighted by Gasteiger charge is 2.16. The van der Waals surface area contributed by atoms with Gasteiger partial charge in [0.05, 0.1) is 10.6 Å². The molecule has 6 heteroatoms. The molecule has 0 fully saturated rings. The van der Waals surface area contributed by atoms with Crippen LogP contribution in [0.4, 0.5) is 5.69 Å². The van der Waals surface area contributed by atoms with E-state index in [1.807, 2.05) is 19.9 Å². The number of anilines is 1. The van der Waals surface area contributed by atoms with Crippen LogP contribution in [0.25, 0.3) is 11.1 Å². The Kier molecular flexibility index (Phi) is 3.92. The first kappa shape index (κ1) is 15.3. The molecule has 0 amide bonds. The molecule has 0 aliphatic heterocycles. The fourth-order valence-corrected chi connectivity index (χ4v) is 3.47. The molecule has 0 atom stereocenters. The second-order valence-corrected chi connectivity index (χ2v) is 6.88. The molecule has 0 aliphatic carbocycles. The van der Waals surface area contributed by atoms with Crippen LogP contribution in [-0.2, 0) is 10.0 Å². The molecule has 1 heterocycles. The number of sulfonamides is 1. The number of benzene rings is 2. The summed E-state index contributed by atoms with van der Waals surface area (Å²) in [6.07, 6.45) is 0. The molecular weight excluding hydrogens is 312 g/mol. The van der Waals surface area contributed by atoms with Crippen LogP contribution in [0.5, 0.6) is 0 Å². The normalized spacial score (nSPS) is 11.4. The Morgan fingerprint density at radius 3 is 2.17 bits per heavy atom. The standard InChI is InChI=1S/C17H16N2O3S/c1-12-17(13(2)22-18-12)14-8-10-16(11-9-14)23(20,21)19-15-6-4-3-5-7-15/h3-11,19H,1-2H3. The smallest absolute Gasteiger partial charge is 0.261 e. The molecule has 118 valence electrons. The Morgan fingerprint density at radius 1 is 0.957 bits per heavy atom. The van der Waals surface area contributed by atoms with Crippen LogP contribution in [0.1, 0.15) is 11.5 Å². The van der Waals surface area contributed by atoms with Crippen LogP contribution < -0.4 is 4.72 Å². The summed E-state index contributed by atoms with van der Waals surface area (Å²) in [6, 6.07) is 15.5. The van der Waals surface area contributed by atoms with Crippen molar-refractivity contribution in [2.45, 2.75) is 18.7 Å². The number of rotatable bonds is 4. The van der Waals surface area contributed by atoms with Crippen molar-refractivity contribution in [3.63, 3.8) is 0 Å². The molecule has 2 aromatic carbocycles. The number of aryl methyl sites for hydroxylation is 2. The van der Waals surface area contributed by atoms with Gasteiger partial charge in [-0.25, -0.2) is 8.42 Å². The first-order valence-corrected chi connectivity index (χ1v) is 8.57. The van der Waals surface area contributed by atoms with Crippen LogP contribution >= 0.6 is 0 Å². The van der Waals surface area contributed by atoms with Gasteiger partial charge in [0, 0.05) is 11.3 Å². The second kappa shape index (κ2) is 5.89. The average Bonchev–Trinajstić information content (AvgIpc) is 2.87. The van der Waals surface area contributed by atoms with Crippen molar-refractivity contribution in [1.82, 2.24) is 5.16 Å². The van der Waals surface area contributed by atoms with Gasteiger partial charge >= 0.3 is 0 Å². The monoisotopic (exact) mass is 328 g/mol. The SMILES string of the molecule is Cc1noc(C)c1-c1ccc(S(=O)(=O)Nc2ccccc2)cc1. The van der Waals surface area contributed by atoms with Crippen molar-refractivity contribution >= 4 is 15.7 Å². The molecule has 3 aromatic rings. The number of nitrogens with one attached hydrogen (secondary N) is 1. The number of nitrogens with zero attached hydrogens (tertiary/aromatic N) is 1. The van der Waals surface area contributed by atoms with Crippen molar-refractivity contribution in [2.24, 2.45) is 0 Å². The summed E-state index contributed by atoms with van der Waals surface area (Å²) in [7, 11) is -3.61. The Balaban J connectivity index is 1.90. The van der Waals surface area contributed by atoms with Gasteiger partial charge in [-0.2, -0.15) is 0 Å². The molecule has 0 unspecified atom stereocenters. The summed E-state index contributed by atoms with van der Waals surface area (Å²) in [6.45, 7) is 3.68. The van der Waals surface area contributed by atoms with Crippen molar-refractivity contribution in [2.75, 3.05) is 4.72 Å². The first-order chi connectivity index (χ1) is 11.0. The minimum absolute atomic E-state index is 0.205. The van der Waals surface area contributed by atoms with E-state index in [9.17, 15) is 8.42 Å². The predicted molar refractivity (Wildman–Crippen MR) is 88.7 cm³/mol. The van der Waals surface area contributed by atoms with Crippen LogP contribution in [0, 0.1) is 13.8 Å². The van der Waals surface area contributed by atoms with E-state index in [0.717, 1.165) is 16.8 Å². The van der Waals surface area contributed by atoms with Crippen molar-refractivity contribution in [1.29, 1.82) is 0 Å². The van der Waals surface area contributed by atoms with Crippen LogP contribution in [0.3, 0.4) is 0 Å². The third-order valence-electron chi connectivity index (χ3n) is 3.51. The maximum Gasteiger partial charge on any atom is 0.261 e. The zero-order valence-corrected chi connectivity index (χ0v) is 13.6. The minimum Gasteiger partial charge on any atom is -0.361 e. The molecule has 5 nitrogen and oxygen atoms in total. The fourth-order valence-electron chi connectivity index (χ4n) is 2.42. The summed E-state index contributed by atoms with van der Waals surface area (Å²) in [5.74, 6) is 0.709. The lowest BCUT2D eigenvalue weighted by Crippen LogP contribution is -2.12. The van der Waals surface area contributed by atoms with E-state index >= 15 is 0 Å². The maximum absolute atomic E-state index is 12.4. The van der Waals surface area contributed by atoms with Gasteiger partial charge in [0.2, 0.25) is 0 Å². The van der Waals surface area contributed by atoms with Gasteiger partial charge in [-0.1, -0.05) is 35.5 Å². The molecule has 0 saturated carbocycles. The minimum atomic E-state index is -3.61. The molecule has 0 saturated heterocycles. The van der Waals surface area contributed by atoms with Gasteiger partial charge in [-0.05, 0) is 43.7 Å². The van der Waals surface area contributed by atoms with E-state index in [0.29, 0.717) is 11.4 Å². The molecule has 0 spiro atoms. The van der Waals surface area contributed by atoms with E-state index in [4.69, 9.17) is 4.52 Å². The van der Waals surface area contributed by atoms with Crippen molar-refractivity contribution in [3.05, 3.63) is 66.1 Å². The summed E-state index contributed by atoms with van der Waals surface area (Å²) in [5, 5.41) is 3.91. The van der Waals surface area contributed by atoms with Gasteiger partial charge in [0.1, 0.15) is 5.76 Å². The van der Waals surface area contributed by atoms with Crippen molar-refractivity contribution < 1.29 is 12.9 Å². The molecular formula is C17H16N2O3S. The highest BCUT2D eigenvalue weighted by atomic mass is 32.2. The third kappa shape index (κ3) is 3.12. The van der Waals surface area contributed by atoms with E-state index in [2.05, 4.69) is 9.88 Å². The Hall–Kier alpha value is -2.60. The number of hydrogen-bond donors (Lipinski definition) is 1. The highest BCUT2D eigenvalue weighted by Crippen LogP contribution is 2.28. The predicted octanol–water partition coefficient (Wildman–Crippen LogP) is 3.76. The average molecular weight is 328 g/mol. The Bertz CT molecular complexity index is 895. The number of aromatic nitrogens is 1. The van der Waals surface area contributed by atoms with Crippen LogP contribution in [-0.4, -0.2) is 13.6 Å². The topological polar surface area (TPSA) is 72.2 Å². The molecule has 23 heavy (non-hydrogen) atoms. The van der Waals surface area contributed by atoms with Crippen LogP contribution in [0.2, 0.25) is 0 Å². The lowest BCUT2D eigenvalue weighted by Gasteiger charge is -2.08. The highest BCUT2D eigenvalue weighted by molar-refractivity contribution is 7.92.